The lowest BCUT2D eigenvalue weighted by Crippen LogP contribution is -2.43. The van der Waals surface area contributed by atoms with Crippen molar-refractivity contribution in [2.75, 3.05) is 42.0 Å². The molecule has 0 radical (unpaired) electrons. The van der Waals surface area contributed by atoms with Crippen molar-refractivity contribution in [3.63, 3.8) is 0 Å². The third-order valence-electron chi connectivity index (χ3n) is 3.84. The van der Waals surface area contributed by atoms with Crippen LogP contribution in [0.1, 0.15) is 19.3 Å². The van der Waals surface area contributed by atoms with Crippen molar-refractivity contribution in [1.82, 2.24) is 4.90 Å². The zero-order chi connectivity index (χ0) is 15.1. The van der Waals surface area contributed by atoms with Crippen molar-refractivity contribution >= 4 is 15.0 Å². The second-order valence-corrected chi connectivity index (χ2v) is 8.53. The van der Waals surface area contributed by atoms with Gasteiger partial charge < -0.3 is 18.2 Å². The molecule has 1 rings (SSSR count). The van der Waals surface area contributed by atoms with Crippen LogP contribution in [0.5, 0.6) is 0 Å². The van der Waals surface area contributed by atoms with E-state index < -0.39 is 8.80 Å². The van der Waals surface area contributed by atoms with Crippen LogP contribution in [0.25, 0.3) is 0 Å². The first kappa shape index (κ1) is 17.5. The summed E-state index contributed by atoms with van der Waals surface area (Å²) in [5.41, 5.74) is -0.0559. The number of aliphatic imine (C=N–C) groups is 1. The fraction of sp³-hybridized carbons (Fsp3) is 0.786. The monoisotopic (exact) mass is 300 g/mol. The summed E-state index contributed by atoms with van der Waals surface area (Å²) in [5, 5.41) is 0. The van der Waals surface area contributed by atoms with Gasteiger partial charge in [0.05, 0.1) is 5.54 Å². The van der Waals surface area contributed by atoms with Gasteiger partial charge in [-0.3, -0.25) is 4.99 Å². The zero-order valence-electron chi connectivity index (χ0n) is 13.4. The molecule has 0 N–H and O–H groups in total. The Bertz CT molecular complexity index is 321. The highest BCUT2D eigenvalue weighted by Gasteiger charge is 2.38. The molecule has 0 amide bonds. The van der Waals surface area contributed by atoms with E-state index in [1.165, 1.54) is 0 Å². The Kier molecular flexibility index (Phi) is 7.04. The van der Waals surface area contributed by atoms with E-state index in [9.17, 15) is 0 Å². The number of rotatable bonds is 10. The van der Waals surface area contributed by atoms with Crippen LogP contribution in [0.3, 0.4) is 0 Å². The average Bonchev–Trinajstić information content (AvgIpc) is 2.91. The summed E-state index contributed by atoms with van der Waals surface area (Å²) in [6.45, 7) is 1.03. The van der Waals surface area contributed by atoms with Crippen LogP contribution in [0.4, 0.5) is 0 Å². The summed E-state index contributed by atoms with van der Waals surface area (Å²) in [5.74, 6) is 0. The topological polar surface area (TPSA) is 43.3 Å². The van der Waals surface area contributed by atoms with Crippen LogP contribution in [0, 0.1) is 0 Å². The molecule has 1 atom stereocenters. The van der Waals surface area contributed by atoms with E-state index in [0.29, 0.717) is 0 Å². The zero-order valence-corrected chi connectivity index (χ0v) is 14.4. The molecule has 1 aliphatic heterocycles. The van der Waals surface area contributed by atoms with E-state index in [0.717, 1.165) is 31.9 Å². The molecule has 0 saturated carbocycles. The minimum absolute atomic E-state index is 0.0559. The molecule has 0 aromatic rings. The Hall–Kier alpha value is -0.533. The Morgan fingerprint density at radius 1 is 1.10 bits per heavy atom. The summed E-state index contributed by atoms with van der Waals surface area (Å²) in [6, 6.07) is 0.823. The molecule has 1 aliphatic rings. The highest BCUT2D eigenvalue weighted by atomic mass is 28.4. The van der Waals surface area contributed by atoms with Crippen LogP contribution in [0.15, 0.2) is 17.1 Å². The highest BCUT2D eigenvalue weighted by Crippen LogP contribution is 2.30. The number of allylic oxidation sites excluding steroid dienone is 1. The number of hydrogen-bond acceptors (Lipinski definition) is 5. The van der Waals surface area contributed by atoms with Gasteiger partial charge in [-0.25, -0.2) is 0 Å². The van der Waals surface area contributed by atoms with E-state index in [2.05, 4.69) is 30.1 Å². The van der Waals surface area contributed by atoms with E-state index in [4.69, 9.17) is 13.3 Å². The first-order valence-corrected chi connectivity index (χ1v) is 8.98. The van der Waals surface area contributed by atoms with Crippen LogP contribution < -0.4 is 0 Å². The van der Waals surface area contributed by atoms with Crippen molar-refractivity contribution in [2.24, 2.45) is 4.99 Å². The first-order valence-electron chi connectivity index (χ1n) is 7.05. The molecule has 1 unspecified atom stereocenters. The van der Waals surface area contributed by atoms with Crippen LogP contribution >= 0.6 is 0 Å². The summed E-state index contributed by atoms with van der Waals surface area (Å²) in [6.07, 6.45) is 9.18. The fourth-order valence-corrected chi connectivity index (χ4v) is 4.18. The Labute approximate surface area is 124 Å². The van der Waals surface area contributed by atoms with Crippen molar-refractivity contribution in [3.05, 3.63) is 12.2 Å². The van der Waals surface area contributed by atoms with E-state index in [1.54, 1.807) is 21.3 Å². The fourth-order valence-electron chi connectivity index (χ4n) is 2.46. The molecule has 6 heteroatoms. The van der Waals surface area contributed by atoms with Gasteiger partial charge in [-0.2, -0.15) is 0 Å². The van der Waals surface area contributed by atoms with Crippen LogP contribution in [0.2, 0.25) is 6.04 Å². The molecule has 116 valence electrons. The lowest BCUT2D eigenvalue weighted by Gasteiger charge is -2.28. The number of hydrogen-bond donors (Lipinski definition) is 0. The first-order chi connectivity index (χ1) is 9.51. The molecule has 0 fully saturated rings. The molecule has 5 nitrogen and oxygen atoms in total. The molecule has 20 heavy (non-hydrogen) atoms. The van der Waals surface area contributed by atoms with Gasteiger partial charge in [-0.1, -0.05) is 6.08 Å². The molecule has 0 aromatic heterocycles. The van der Waals surface area contributed by atoms with Crippen molar-refractivity contribution in [3.8, 4) is 0 Å². The normalized spacial score (nSPS) is 22.1. The Balaban J connectivity index is 2.52. The average molecular weight is 300 g/mol. The summed E-state index contributed by atoms with van der Waals surface area (Å²) in [4.78, 5) is 6.86. The molecule has 1 heterocycles. The van der Waals surface area contributed by atoms with E-state index in [-0.39, 0.29) is 5.54 Å². The third-order valence-corrected chi connectivity index (χ3v) is 6.67. The predicted octanol–water partition coefficient (Wildman–Crippen LogP) is 1.98. The smallest absolute Gasteiger partial charge is 0.377 e. The lowest BCUT2D eigenvalue weighted by atomic mass is 9.91. The standard InChI is InChI=1S/C14H28N2O3Si/c1-16(2)12-10-14(8-6-11-15-14)9-7-13-20(17-3,18-4)19-5/h6,8,11H,7,9-10,12-13H2,1-5H3. The largest absolute Gasteiger partial charge is 0.500 e. The highest BCUT2D eigenvalue weighted by molar-refractivity contribution is 6.60. The van der Waals surface area contributed by atoms with Gasteiger partial charge in [0.25, 0.3) is 0 Å². The van der Waals surface area contributed by atoms with Crippen molar-refractivity contribution < 1.29 is 13.3 Å². The molecule has 0 bridgehead atoms. The second kappa shape index (κ2) is 8.04. The van der Waals surface area contributed by atoms with Gasteiger partial charge in [-0.15, -0.1) is 0 Å². The van der Waals surface area contributed by atoms with E-state index in [1.807, 2.05) is 12.3 Å². The molecule has 0 aromatic carbocycles. The Morgan fingerprint density at radius 2 is 1.75 bits per heavy atom. The van der Waals surface area contributed by atoms with Gasteiger partial charge in [0.2, 0.25) is 0 Å². The van der Waals surface area contributed by atoms with Crippen molar-refractivity contribution in [2.45, 2.75) is 30.8 Å². The summed E-state index contributed by atoms with van der Waals surface area (Å²) < 4.78 is 16.4. The maximum Gasteiger partial charge on any atom is 0.500 e. The van der Waals surface area contributed by atoms with Gasteiger partial charge in [-0.05, 0) is 39.4 Å². The summed E-state index contributed by atoms with van der Waals surface area (Å²) >= 11 is 0. The third kappa shape index (κ3) is 4.78. The van der Waals surface area contributed by atoms with E-state index >= 15 is 0 Å². The van der Waals surface area contributed by atoms with Gasteiger partial charge in [0.15, 0.2) is 0 Å². The minimum atomic E-state index is -2.45. The Morgan fingerprint density at radius 3 is 2.20 bits per heavy atom. The van der Waals surface area contributed by atoms with Gasteiger partial charge in [0.1, 0.15) is 0 Å². The predicted molar refractivity (Wildman–Crippen MR) is 84.4 cm³/mol. The van der Waals surface area contributed by atoms with Gasteiger partial charge >= 0.3 is 8.80 Å². The molecule has 0 spiro atoms. The molecule has 0 saturated heterocycles. The maximum atomic E-state index is 5.46. The SMILES string of the molecule is CO[Si](CCCC1(CCN(C)C)C=CC=N1)(OC)OC. The molecular weight excluding hydrogens is 272 g/mol. The van der Waals surface area contributed by atoms with Crippen LogP contribution in [-0.2, 0) is 13.3 Å². The maximum absolute atomic E-state index is 5.46. The van der Waals surface area contributed by atoms with Gasteiger partial charge in [0, 0.05) is 40.1 Å². The summed E-state index contributed by atoms with van der Waals surface area (Å²) in [7, 11) is 6.71. The minimum Gasteiger partial charge on any atom is -0.377 e. The van der Waals surface area contributed by atoms with Crippen molar-refractivity contribution in [1.29, 1.82) is 0 Å². The quantitative estimate of drug-likeness (QED) is 0.579. The molecular formula is C14H28N2O3Si. The van der Waals surface area contributed by atoms with Crippen LogP contribution in [-0.4, -0.2) is 67.4 Å². The lowest BCUT2D eigenvalue weighted by molar-refractivity contribution is 0.122. The molecule has 0 aliphatic carbocycles. The number of nitrogens with zero attached hydrogens (tertiary/aromatic N) is 2. The second-order valence-electron chi connectivity index (χ2n) is 5.44.